The monoisotopic (exact) mass is 443 g/mol. The van der Waals surface area contributed by atoms with Gasteiger partial charge in [-0.25, -0.2) is 0 Å². The van der Waals surface area contributed by atoms with E-state index in [4.69, 9.17) is 14.9 Å². The second-order valence-electron chi connectivity index (χ2n) is 6.98. The number of thioether (sulfide) groups is 1. The standard InChI is InChI=1S/C22H21NO7S/c24-19-18(31-22(29)23-19)12-13-9-10-17(15-7-4-3-6-14(13)15)30-11-5-1-2-8-16(20(25)26)21(27)28/h3-4,6-7,9-10,12,16H,1-2,5,8,11H2,(H,25,26)(H,27,28)(H,23,24,29)/b18-12-. The molecule has 0 unspecified atom stereocenters. The predicted molar refractivity (Wildman–Crippen MR) is 116 cm³/mol. The van der Waals surface area contributed by atoms with Gasteiger partial charge < -0.3 is 14.9 Å². The maximum atomic E-state index is 11.8. The van der Waals surface area contributed by atoms with Crippen LogP contribution < -0.4 is 10.1 Å². The van der Waals surface area contributed by atoms with Gasteiger partial charge in [0.2, 0.25) is 0 Å². The third-order valence-electron chi connectivity index (χ3n) is 4.84. The van der Waals surface area contributed by atoms with Crippen LogP contribution in [0.25, 0.3) is 16.8 Å². The number of carbonyl (C=O) groups is 4. The Morgan fingerprint density at radius 2 is 1.71 bits per heavy atom. The molecule has 3 N–H and O–H groups in total. The number of carbonyl (C=O) groups excluding carboxylic acids is 2. The van der Waals surface area contributed by atoms with E-state index in [1.54, 1.807) is 12.1 Å². The summed E-state index contributed by atoms with van der Waals surface area (Å²) in [5, 5.41) is 21.4. The molecule has 0 spiro atoms. The number of hydrogen-bond acceptors (Lipinski definition) is 6. The van der Waals surface area contributed by atoms with Crippen molar-refractivity contribution in [2.75, 3.05) is 6.61 Å². The lowest BCUT2D eigenvalue weighted by atomic mass is 10.0. The maximum Gasteiger partial charge on any atom is 0.317 e. The topological polar surface area (TPSA) is 130 Å². The summed E-state index contributed by atoms with van der Waals surface area (Å²) in [6.07, 6.45) is 3.56. The van der Waals surface area contributed by atoms with Crippen molar-refractivity contribution in [1.29, 1.82) is 0 Å². The van der Waals surface area contributed by atoms with E-state index in [1.165, 1.54) is 0 Å². The summed E-state index contributed by atoms with van der Waals surface area (Å²) in [4.78, 5) is 45.3. The fourth-order valence-corrected chi connectivity index (χ4v) is 3.94. The lowest BCUT2D eigenvalue weighted by Gasteiger charge is -2.12. The summed E-state index contributed by atoms with van der Waals surface area (Å²) in [6, 6.07) is 11.2. The summed E-state index contributed by atoms with van der Waals surface area (Å²) in [5.41, 5.74) is 0.795. The lowest BCUT2D eigenvalue weighted by molar-refractivity contribution is -0.154. The first kappa shape index (κ1) is 22.4. The molecular weight excluding hydrogens is 422 g/mol. The Hall–Kier alpha value is -3.33. The largest absolute Gasteiger partial charge is 0.493 e. The lowest BCUT2D eigenvalue weighted by Crippen LogP contribution is -2.23. The van der Waals surface area contributed by atoms with Crippen molar-refractivity contribution in [3.05, 3.63) is 46.9 Å². The van der Waals surface area contributed by atoms with Crippen LogP contribution in [-0.2, 0) is 14.4 Å². The summed E-state index contributed by atoms with van der Waals surface area (Å²) in [5.74, 6) is -3.74. The smallest absolute Gasteiger partial charge is 0.317 e. The van der Waals surface area contributed by atoms with E-state index in [0.29, 0.717) is 36.5 Å². The van der Waals surface area contributed by atoms with E-state index in [-0.39, 0.29) is 6.42 Å². The van der Waals surface area contributed by atoms with Crippen molar-refractivity contribution in [2.24, 2.45) is 5.92 Å². The summed E-state index contributed by atoms with van der Waals surface area (Å²) in [7, 11) is 0. The minimum atomic E-state index is -1.37. The van der Waals surface area contributed by atoms with Crippen LogP contribution in [0.2, 0.25) is 0 Å². The van der Waals surface area contributed by atoms with Gasteiger partial charge in [0.05, 0.1) is 11.5 Å². The Balaban J connectivity index is 1.62. The molecule has 2 amide bonds. The highest BCUT2D eigenvalue weighted by atomic mass is 32.2. The summed E-state index contributed by atoms with van der Waals surface area (Å²) in [6.45, 7) is 0.405. The van der Waals surface area contributed by atoms with E-state index in [2.05, 4.69) is 5.32 Å². The van der Waals surface area contributed by atoms with E-state index >= 15 is 0 Å². The number of amides is 2. The highest BCUT2D eigenvalue weighted by molar-refractivity contribution is 8.18. The number of carboxylic acid groups (broad SMARTS) is 2. The predicted octanol–water partition coefficient (Wildman–Crippen LogP) is 3.89. The van der Waals surface area contributed by atoms with Crippen molar-refractivity contribution in [3.8, 4) is 5.75 Å². The van der Waals surface area contributed by atoms with Crippen LogP contribution in [0.4, 0.5) is 4.79 Å². The molecule has 0 saturated carbocycles. The van der Waals surface area contributed by atoms with Gasteiger partial charge >= 0.3 is 11.9 Å². The van der Waals surface area contributed by atoms with Gasteiger partial charge in [-0.3, -0.25) is 24.5 Å². The molecule has 2 aromatic rings. The highest BCUT2D eigenvalue weighted by Gasteiger charge is 2.26. The molecule has 0 bridgehead atoms. The van der Waals surface area contributed by atoms with Gasteiger partial charge in [-0.05, 0) is 47.7 Å². The van der Waals surface area contributed by atoms with Gasteiger partial charge in [-0.15, -0.1) is 0 Å². The number of aliphatic carboxylic acids is 2. The van der Waals surface area contributed by atoms with E-state index < -0.39 is 29.0 Å². The Bertz CT molecular complexity index is 1050. The molecule has 2 aromatic carbocycles. The van der Waals surface area contributed by atoms with Gasteiger partial charge in [0.15, 0.2) is 5.92 Å². The quantitative estimate of drug-likeness (QED) is 0.286. The molecule has 0 atom stereocenters. The van der Waals surface area contributed by atoms with Gasteiger partial charge in [-0.2, -0.15) is 0 Å². The van der Waals surface area contributed by atoms with Gasteiger partial charge in [0, 0.05) is 5.39 Å². The van der Waals surface area contributed by atoms with Crippen LogP contribution in [0, 0.1) is 5.92 Å². The van der Waals surface area contributed by atoms with E-state index in [0.717, 1.165) is 28.1 Å². The number of rotatable bonds is 10. The number of unbranched alkanes of at least 4 members (excludes halogenated alkanes) is 2. The van der Waals surface area contributed by atoms with Crippen molar-refractivity contribution in [2.45, 2.75) is 25.7 Å². The molecule has 1 saturated heterocycles. The van der Waals surface area contributed by atoms with Crippen molar-refractivity contribution < 1.29 is 34.1 Å². The molecule has 162 valence electrons. The van der Waals surface area contributed by atoms with E-state index in [9.17, 15) is 19.2 Å². The second-order valence-corrected chi connectivity index (χ2v) is 7.99. The molecule has 0 aromatic heterocycles. The third kappa shape index (κ3) is 5.64. The van der Waals surface area contributed by atoms with Crippen molar-refractivity contribution in [3.63, 3.8) is 0 Å². The first-order valence-corrected chi connectivity index (χ1v) is 10.5. The zero-order chi connectivity index (χ0) is 22.4. The maximum absolute atomic E-state index is 11.8. The molecule has 8 nitrogen and oxygen atoms in total. The first-order chi connectivity index (χ1) is 14.9. The average molecular weight is 443 g/mol. The fraction of sp³-hybridized carbons (Fsp3) is 0.273. The van der Waals surface area contributed by atoms with Crippen LogP contribution in [0.5, 0.6) is 5.75 Å². The first-order valence-electron chi connectivity index (χ1n) is 9.72. The number of ether oxygens (including phenoxy) is 1. The Morgan fingerprint density at radius 3 is 2.35 bits per heavy atom. The van der Waals surface area contributed by atoms with Crippen LogP contribution in [0.1, 0.15) is 31.2 Å². The second kappa shape index (κ2) is 10.1. The summed E-state index contributed by atoms with van der Waals surface area (Å²) >= 11 is 0.865. The average Bonchev–Trinajstić information content (AvgIpc) is 3.04. The molecule has 9 heteroatoms. The minimum Gasteiger partial charge on any atom is -0.493 e. The molecule has 31 heavy (non-hydrogen) atoms. The molecular formula is C22H21NO7S. The molecule has 3 rings (SSSR count). The minimum absolute atomic E-state index is 0.0883. The number of nitrogens with one attached hydrogen (secondary N) is 1. The van der Waals surface area contributed by atoms with E-state index in [1.807, 2.05) is 30.3 Å². The molecule has 1 aliphatic heterocycles. The Labute approximate surface area is 182 Å². The van der Waals surface area contributed by atoms with Crippen LogP contribution in [0.3, 0.4) is 0 Å². The third-order valence-corrected chi connectivity index (χ3v) is 5.65. The SMILES string of the molecule is O=C1NC(=O)/C(=C/c2ccc(OCCCCCC(C(=O)O)C(=O)O)c3ccccc23)S1. The molecule has 1 fully saturated rings. The normalized spacial score (nSPS) is 14.9. The zero-order valence-electron chi connectivity index (χ0n) is 16.5. The summed E-state index contributed by atoms with van der Waals surface area (Å²) < 4.78 is 5.89. The number of fused-ring (bicyclic) bond motifs is 1. The van der Waals surface area contributed by atoms with Gasteiger partial charge in [0.25, 0.3) is 11.1 Å². The van der Waals surface area contributed by atoms with Crippen LogP contribution in [-0.4, -0.2) is 39.9 Å². The molecule has 1 heterocycles. The Morgan fingerprint density at radius 1 is 1.00 bits per heavy atom. The number of imide groups is 1. The molecule has 0 aliphatic carbocycles. The number of benzene rings is 2. The molecule has 0 radical (unpaired) electrons. The molecule has 1 aliphatic rings. The zero-order valence-corrected chi connectivity index (χ0v) is 17.3. The van der Waals surface area contributed by atoms with Crippen molar-refractivity contribution in [1.82, 2.24) is 5.32 Å². The number of carboxylic acids is 2. The van der Waals surface area contributed by atoms with Crippen LogP contribution in [0.15, 0.2) is 41.3 Å². The van der Waals surface area contributed by atoms with Gasteiger partial charge in [0.1, 0.15) is 5.75 Å². The van der Waals surface area contributed by atoms with Gasteiger partial charge in [-0.1, -0.05) is 43.2 Å². The van der Waals surface area contributed by atoms with Crippen molar-refractivity contribution >= 4 is 51.7 Å². The highest BCUT2D eigenvalue weighted by Crippen LogP contribution is 2.32. The Kier molecular flexibility index (Phi) is 7.30. The van der Waals surface area contributed by atoms with Crippen LogP contribution >= 0.6 is 11.8 Å². The number of hydrogen-bond donors (Lipinski definition) is 3. The fourth-order valence-electron chi connectivity index (χ4n) is 3.27.